The van der Waals surface area contributed by atoms with Gasteiger partial charge in [0.05, 0.1) is 0 Å². The molecule has 2 amide bonds. The van der Waals surface area contributed by atoms with Gasteiger partial charge in [-0.15, -0.1) is 0 Å². The normalized spacial score (nSPS) is 17.6. The van der Waals surface area contributed by atoms with Crippen LogP contribution in [-0.2, 0) is 0 Å². The zero-order valence-corrected chi connectivity index (χ0v) is 14.1. The number of nitrogens with zero attached hydrogens (tertiary/aromatic N) is 1. The molecule has 1 aliphatic heterocycles. The second-order valence-corrected chi connectivity index (χ2v) is 5.98. The van der Waals surface area contributed by atoms with Gasteiger partial charge in [-0.3, -0.25) is 9.59 Å². The van der Waals surface area contributed by atoms with Crippen LogP contribution in [0.2, 0.25) is 0 Å². The minimum absolute atomic E-state index is 0.00948. The largest absolute Gasteiger partial charge is 0.352 e. The Kier molecular flexibility index (Phi) is 6.59. The van der Waals surface area contributed by atoms with Crippen LogP contribution < -0.4 is 10.6 Å². The van der Waals surface area contributed by atoms with Crippen molar-refractivity contribution < 1.29 is 9.59 Å². The van der Waals surface area contributed by atoms with Crippen LogP contribution in [0.4, 0.5) is 0 Å². The van der Waals surface area contributed by atoms with Gasteiger partial charge >= 0.3 is 0 Å². The molecule has 1 fully saturated rings. The van der Waals surface area contributed by atoms with Crippen LogP contribution in [-0.4, -0.2) is 49.4 Å². The Bertz CT molecular complexity index is 518. The summed E-state index contributed by atoms with van der Waals surface area (Å²) in [5, 5.41) is 6.33. The van der Waals surface area contributed by atoms with E-state index in [4.69, 9.17) is 0 Å². The lowest BCUT2D eigenvalue weighted by Crippen LogP contribution is -2.38. The van der Waals surface area contributed by atoms with Gasteiger partial charge in [-0.05, 0) is 70.0 Å². The van der Waals surface area contributed by atoms with Crippen LogP contribution in [0.15, 0.2) is 24.3 Å². The minimum Gasteiger partial charge on any atom is -0.352 e. The van der Waals surface area contributed by atoms with Crippen molar-refractivity contribution in [2.75, 3.05) is 32.7 Å². The van der Waals surface area contributed by atoms with Crippen LogP contribution in [0.1, 0.15) is 47.4 Å². The zero-order chi connectivity index (χ0) is 16.7. The maximum Gasteiger partial charge on any atom is 0.253 e. The molecule has 0 aliphatic carbocycles. The first-order valence-electron chi connectivity index (χ1n) is 8.54. The van der Waals surface area contributed by atoms with Crippen LogP contribution in [0.5, 0.6) is 0 Å². The molecule has 0 bridgehead atoms. The number of hydrogen-bond donors (Lipinski definition) is 2. The van der Waals surface area contributed by atoms with E-state index in [0.717, 1.165) is 19.5 Å². The molecule has 1 unspecified atom stereocenters. The third-order valence-corrected chi connectivity index (χ3v) is 4.39. The molecule has 5 nitrogen and oxygen atoms in total. The Balaban J connectivity index is 1.90. The average molecular weight is 317 g/mol. The lowest BCUT2D eigenvalue weighted by atomic mass is 9.99. The Morgan fingerprint density at radius 2 is 1.83 bits per heavy atom. The Labute approximate surface area is 138 Å². The number of hydrogen-bond acceptors (Lipinski definition) is 3. The first kappa shape index (κ1) is 17.5. The fourth-order valence-corrected chi connectivity index (χ4v) is 2.89. The maximum atomic E-state index is 12.2. The van der Waals surface area contributed by atoms with E-state index in [1.165, 1.54) is 6.42 Å². The molecule has 5 heteroatoms. The maximum absolute atomic E-state index is 12.2. The van der Waals surface area contributed by atoms with E-state index in [9.17, 15) is 9.59 Å². The fraction of sp³-hybridized carbons (Fsp3) is 0.556. The third-order valence-electron chi connectivity index (χ3n) is 4.39. The van der Waals surface area contributed by atoms with Gasteiger partial charge in [-0.25, -0.2) is 0 Å². The Morgan fingerprint density at radius 1 is 1.17 bits per heavy atom. The van der Waals surface area contributed by atoms with Gasteiger partial charge in [0.25, 0.3) is 11.8 Å². The van der Waals surface area contributed by atoms with Crippen LogP contribution in [0, 0.1) is 5.92 Å². The van der Waals surface area contributed by atoms with E-state index in [-0.39, 0.29) is 11.8 Å². The molecular weight excluding hydrogens is 290 g/mol. The number of nitrogens with one attached hydrogen (secondary N) is 2. The Morgan fingerprint density at radius 3 is 2.39 bits per heavy atom. The molecule has 0 saturated carbocycles. The van der Waals surface area contributed by atoms with E-state index >= 15 is 0 Å². The first-order valence-corrected chi connectivity index (χ1v) is 8.54. The molecule has 1 aliphatic rings. The van der Waals surface area contributed by atoms with E-state index in [2.05, 4.69) is 10.6 Å². The summed E-state index contributed by atoms with van der Waals surface area (Å²) in [5.41, 5.74) is 1.23. The molecule has 1 heterocycles. The molecule has 1 saturated heterocycles. The highest BCUT2D eigenvalue weighted by Gasteiger charge is 2.16. The predicted molar refractivity (Wildman–Crippen MR) is 91.6 cm³/mol. The monoisotopic (exact) mass is 317 g/mol. The van der Waals surface area contributed by atoms with E-state index in [1.54, 1.807) is 29.2 Å². The highest BCUT2D eigenvalue weighted by atomic mass is 16.2. The van der Waals surface area contributed by atoms with E-state index in [1.807, 2.05) is 13.8 Å². The molecular formula is C18H27N3O2. The summed E-state index contributed by atoms with van der Waals surface area (Å²) in [6.45, 7) is 8.04. The smallest absolute Gasteiger partial charge is 0.253 e. The van der Waals surface area contributed by atoms with E-state index < -0.39 is 0 Å². The van der Waals surface area contributed by atoms with Gasteiger partial charge in [0, 0.05) is 30.8 Å². The molecule has 0 spiro atoms. The summed E-state index contributed by atoms with van der Waals surface area (Å²) in [4.78, 5) is 26.2. The van der Waals surface area contributed by atoms with Crippen molar-refractivity contribution in [1.29, 1.82) is 0 Å². The highest BCUT2D eigenvalue weighted by Crippen LogP contribution is 2.10. The lowest BCUT2D eigenvalue weighted by Gasteiger charge is -2.22. The predicted octanol–water partition coefficient (Wildman–Crippen LogP) is 1.90. The molecule has 1 atom stereocenters. The average Bonchev–Trinajstić information content (AvgIpc) is 2.61. The first-order chi connectivity index (χ1) is 11.2. The number of amides is 2. The standard InChI is InChI=1S/C18H27N3O2/c1-3-21(4-2)18(23)16-9-7-15(8-10-16)17(22)20-13-14-6-5-11-19-12-14/h7-10,14,19H,3-6,11-13H2,1-2H3,(H,20,22). The molecule has 0 aromatic heterocycles. The molecule has 0 radical (unpaired) electrons. The summed E-state index contributed by atoms with van der Waals surface area (Å²) >= 11 is 0. The van der Waals surface area contributed by atoms with Crippen molar-refractivity contribution in [1.82, 2.24) is 15.5 Å². The van der Waals surface area contributed by atoms with Crippen LogP contribution >= 0.6 is 0 Å². The second-order valence-electron chi connectivity index (χ2n) is 5.98. The quantitative estimate of drug-likeness (QED) is 0.842. The van der Waals surface area contributed by atoms with Crippen LogP contribution in [0.3, 0.4) is 0 Å². The van der Waals surface area contributed by atoms with Crippen molar-refractivity contribution in [3.8, 4) is 0 Å². The van der Waals surface area contributed by atoms with Gasteiger partial charge in [0.1, 0.15) is 0 Å². The number of piperidine rings is 1. The van der Waals surface area contributed by atoms with Crippen LogP contribution in [0.25, 0.3) is 0 Å². The van der Waals surface area contributed by atoms with Gasteiger partial charge in [-0.2, -0.15) is 0 Å². The molecule has 126 valence electrons. The molecule has 1 aromatic carbocycles. The van der Waals surface area contributed by atoms with E-state index in [0.29, 0.717) is 36.7 Å². The number of benzene rings is 1. The van der Waals surface area contributed by atoms with Crippen molar-refractivity contribution in [2.24, 2.45) is 5.92 Å². The molecule has 2 N–H and O–H groups in total. The highest BCUT2D eigenvalue weighted by molar-refractivity contribution is 5.97. The molecule has 2 rings (SSSR count). The summed E-state index contributed by atoms with van der Waals surface area (Å²) in [5.74, 6) is 0.448. The van der Waals surface area contributed by atoms with Crippen molar-refractivity contribution in [3.63, 3.8) is 0 Å². The van der Waals surface area contributed by atoms with Crippen molar-refractivity contribution in [3.05, 3.63) is 35.4 Å². The number of carbonyl (C=O) groups excluding carboxylic acids is 2. The summed E-state index contributed by atoms with van der Waals surface area (Å²) in [7, 11) is 0. The topological polar surface area (TPSA) is 61.4 Å². The lowest BCUT2D eigenvalue weighted by molar-refractivity contribution is 0.0772. The number of carbonyl (C=O) groups is 2. The van der Waals surface area contributed by atoms with Gasteiger partial charge in [0.2, 0.25) is 0 Å². The van der Waals surface area contributed by atoms with Crippen molar-refractivity contribution in [2.45, 2.75) is 26.7 Å². The number of rotatable bonds is 6. The van der Waals surface area contributed by atoms with Gasteiger partial charge in [-0.1, -0.05) is 0 Å². The van der Waals surface area contributed by atoms with Gasteiger partial charge in [0.15, 0.2) is 0 Å². The fourth-order valence-electron chi connectivity index (χ4n) is 2.89. The summed E-state index contributed by atoms with van der Waals surface area (Å²) in [6.07, 6.45) is 2.33. The molecule has 23 heavy (non-hydrogen) atoms. The second kappa shape index (κ2) is 8.67. The SMILES string of the molecule is CCN(CC)C(=O)c1ccc(C(=O)NCC2CCCNC2)cc1. The third kappa shape index (κ3) is 4.79. The summed E-state index contributed by atoms with van der Waals surface area (Å²) < 4.78 is 0. The summed E-state index contributed by atoms with van der Waals surface area (Å²) in [6, 6.07) is 6.92. The minimum atomic E-state index is -0.0718. The molecule has 1 aromatic rings. The van der Waals surface area contributed by atoms with Gasteiger partial charge < -0.3 is 15.5 Å². The van der Waals surface area contributed by atoms with Crippen molar-refractivity contribution >= 4 is 11.8 Å². The Hall–Kier alpha value is -1.88. The zero-order valence-electron chi connectivity index (χ0n) is 14.1.